The smallest absolute Gasteiger partial charge is 0.250 e. The molecule has 0 aromatic rings. The summed E-state index contributed by atoms with van der Waals surface area (Å²) in [5.74, 6) is 1.16. The maximum atomic E-state index is 10.1. The largest absolute Gasteiger partial charge is 0.546 e. The molecular weight excluding hydrogens is 390 g/mol. The van der Waals surface area contributed by atoms with Crippen molar-refractivity contribution in [3.8, 4) is 6.07 Å². The lowest BCUT2D eigenvalue weighted by Crippen LogP contribution is -2.51. The van der Waals surface area contributed by atoms with Crippen LogP contribution in [0.4, 0.5) is 0 Å². The van der Waals surface area contributed by atoms with Gasteiger partial charge in [0.2, 0.25) is 8.32 Å². The molecule has 0 aromatic carbocycles. The summed E-state index contributed by atoms with van der Waals surface area (Å²) in [5.41, 5.74) is 0.624. The zero-order valence-corrected chi connectivity index (χ0v) is 23.4. The van der Waals surface area contributed by atoms with Crippen molar-refractivity contribution in [3.05, 3.63) is 11.3 Å². The highest BCUT2D eigenvalue weighted by atomic mass is 28.4. The van der Waals surface area contributed by atoms with Gasteiger partial charge in [-0.25, -0.2) is 0 Å². The number of rotatable bonds is 7. The van der Waals surface area contributed by atoms with Crippen molar-refractivity contribution in [2.24, 2.45) is 5.92 Å². The Balaban J connectivity index is 3.38. The van der Waals surface area contributed by atoms with Gasteiger partial charge in [0.1, 0.15) is 0 Å². The van der Waals surface area contributed by atoms with Gasteiger partial charge in [-0.2, -0.15) is 5.26 Å². The molecule has 0 aromatic heterocycles. The van der Waals surface area contributed by atoms with Crippen molar-refractivity contribution in [2.75, 3.05) is 0 Å². The molecular formula is C24H47NO2Si2. The van der Waals surface area contributed by atoms with Gasteiger partial charge in [-0.3, -0.25) is 0 Å². The summed E-state index contributed by atoms with van der Waals surface area (Å²) in [5, 5.41) is 10.3. The fourth-order valence-corrected chi connectivity index (χ4v) is 6.41. The lowest BCUT2D eigenvalue weighted by atomic mass is 9.76. The summed E-state index contributed by atoms with van der Waals surface area (Å²) in [4.78, 5) is 0. The van der Waals surface area contributed by atoms with Gasteiger partial charge in [-0.15, -0.1) is 0 Å². The van der Waals surface area contributed by atoms with E-state index in [1.165, 1.54) is 0 Å². The van der Waals surface area contributed by atoms with Crippen molar-refractivity contribution < 1.29 is 8.85 Å². The van der Waals surface area contributed by atoms with Crippen LogP contribution in [0, 0.1) is 17.2 Å². The number of nitrogens with zero attached hydrogens (tertiary/aromatic N) is 1. The molecule has 0 radical (unpaired) electrons. The van der Waals surface area contributed by atoms with E-state index in [0.29, 0.717) is 0 Å². The van der Waals surface area contributed by atoms with Crippen LogP contribution in [0.25, 0.3) is 0 Å². The molecule has 0 fully saturated rings. The van der Waals surface area contributed by atoms with E-state index in [9.17, 15) is 5.26 Å². The second-order valence-corrected chi connectivity index (χ2v) is 21.8. The van der Waals surface area contributed by atoms with Crippen molar-refractivity contribution >= 4 is 16.6 Å². The molecule has 0 saturated heterocycles. The highest BCUT2D eigenvalue weighted by molar-refractivity contribution is 6.74. The summed E-state index contributed by atoms with van der Waals surface area (Å²) in [6, 6.07) is 2.55. The molecule has 1 aliphatic carbocycles. The zero-order valence-electron chi connectivity index (χ0n) is 21.4. The molecule has 5 heteroatoms. The normalized spacial score (nSPS) is 24.4. The summed E-state index contributed by atoms with van der Waals surface area (Å²) >= 11 is 0. The monoisotopic (exact) mass is 437 g/mol. The van der Waals surface area contributed by atoms with Gasteiger partial charge in [0.05, 0.1) is 23.0 Å². The molecule has 168 valence electrons. The molecule has 0 N–H and O–H groups in total. The van der Waals surface area contributed by atoms with Crippen molar-refractivity contribution in [3.63, 3.8) is 0 Å². The Morgan fingerprint density at radius 1 is 1.03 bits per heavy atom. The highest BCUT2D eigenvalue weighted by Crippen LogP contribution is 2.48. The lowest BCUT2D eigenvalue weighted by molar-refractivity contribution is 0.0300. The van der Waals surface area contributed by atoms with Crippen molar-refractivity contribution in [1.29, 1.82) is 5.26 Å². The number of unbranched alkanes of at least 4 members (excludes halogenated alkanes) is 1. The first-order chi connectivity index (χ1) is 12.9. The van der Waals surface area contributed by atoms with Crippen LogP contribution in [-0.2, 0) is 8.85 Å². The summed E-state index contributed by atoms with van der Waals surface area (Å²) < 4.78 is 13.8. The van der Waals surface area contributed by atoms with E-state index in [-0.39, 0.29) is 21.6 Å². The van der Waals surface area contributed by atoms with Gasteiger partial charge >= 0.3 is 0 Å². The first-order valence-corrected chi connectivity index (χ1v) is 17.2. The Morgan fingerprint density at radius 3 is 1.97 bits per heavy atom. The van der Waals surface area contributed by atoms with Gasteiger partial charge in [0, 0.05) is 6.42 Å². The Labute approximate surface area is 183 Å². The number of hydrogen-bond acceptors (Lipinski definition) is 3. The average Bonchev–Trinajstić information content (AvgIpc) is 2.49. The first-order valence-electron chi connectivity index (χ1n) is 11.4. The molecule has 0 spiro atoms. The second kappa shape index (κ2) is 8.88. The molecule has 0 bridgehead atoms. The number of nitriles is 1. The van der Waals surface area contributed by atoms with Crippen molar-refractivity contribution in [2.45, 2.75) is 129 Å². The summed E-state index contributed by atoms with van der Waals surface area (Å²) in [6.07, 6.45) is 4.97. The zero-order chi connectivity index (χ0) is 22.9. The summed E-state index contributed by atoms with van der Waals surface area (Å²) in [7, 11) is -3.95. The first kappa shape index (κ1) is 26.5. The van der Waals surface area contributed by atoms with Crippen LogP contribution in [0.5, 0.6) is 0 Å². The minimum absolute atomic E-state index is 0.105. The van der Waals surface area contributed by atoms with Crippen LogP contribution in [0.15, 0.2) is 11.3 Å². The molecule has 0 amide bonds. The fraction of sp³-hybridized carbons (Fsp3) is 0.875. The molecule has 3 nitrogen and oxygen atoms in total. The van der Waals surface area contributed by atoms with E-state index >= 15 is 0 Å². The van der Waals surface area contributed by atoms with Crippen LogP contribution in [0.3, 0.4) is 0 Å². The lowest BCUT2D eigenvalue weighted by Gasteiger charge is -2.49. The van der Waals surface area contributed by atoms with E-state index in [0.717, 1.165) is 43.4 Å². The predicted octanol–water partition coefficient (Wildman–Crippen LogP) is 8.17. The van der Waals surface area contributed by atoms with E-state index in [4.69, 9.17) is 8.85 Å². The molecule has 0 saturated carbocycles. The van der Waals surface area contributed by atoms with Gasteiger partial charge in [0.25, 0.3) is 0 Å². The minimum Gasteiger partial charge on any atom is -0.546 e. The van der Waals surface area contributed by atoms with E-state index in [1.807, 2.05) is 0 Å². The summed E-state index contributed by atoms with van der Waals surface area (Å²) in [6.45, 7) is 27.3. The van der Waals surface area contributed by atoms with E-state index < -0.39 is 16.6 Å². The molecule has 0 unspecified atom stereocenters. The highest BCUT2D eigenvalue weighted by Gasteiger charge is 2.48. The number of hydrogen-bond donors (Lipinski definition) is 0. The van der Waals surface area contributed by atoms with Crippen LogP contribution in [0.2, 0.25) is 36.3 Å². The maximum absolute atomic E-state index is 10.1. The van der Waals surface area contributed by atoms with Crippen LogP contribution in [-0.4, -0.2) is 22.2 Å². The Morgan fingerprint density at radius 2 is 1.55 bits per heavy atom. The second-order valence-electron chi connectivity index (χ2n) is 12.3. The molecule has 2 atom stereocenters. The van der Waals surface area contributed by atoms with Gasteiger partial charge in [-0.05, 0) is 61.9 Å². The third-order valence-electron chi connectivity index (χ3n) is 7.44. The van der Waals surface area contributed by atoms with Crippen LogP contribution in [0.1, 0.15) is 87.5 Å². The molecule has 1 aliphatic rings. The Bertz CT molecular complexity index is 647. The quantitative estimate of drug-likeness (QED) is 0.377. The average molecular weight is 438 g/mol. The SMILES string of the molecule is CCCC[C@@H]1C[C@@](C)(O[Si](C)(C)C(C)(C)C)CC(O[Si](C)(C)C(C)(C)C)=C1C#N. The minimum atomic E-state index is -2.02. The standard InChI is InChI=1S/C24H47NO2Si2/c1-13-14-15-19-16-24(8,27-29(11,12)23(5,6)7)17-21(20(19)18-25)26-28(9,10)22(2,3)4/h19H,13-17H2,1-12H3/t19-,24-/m1/s1. The molecule has 29 heavy (non-hydrogen) atoms. The predicted molar refractivity (Wildman–Crippen MR) is 130 cm³/mol. The Kier molecular flexibility index (Phi) is 8.11. The van der Waals surface area contributed by atoms with Gasteiger partial charge < -0.3 is 8.85 Å². The van der Waals surface area contributed by atoms with E-state index in [2.05, 4.69) is 87.6 Å². The van der Waals surface area contributed by atoms with Crippen LogP contribution >= 0.6 is 0 Å². The molecule has 0 aliphatic heterocycles. The van der Waals surface area contributed by atoms with Crippen molar-refractivity contribution in [1.82, 2.24) is 0 Å². The maximum Gasteiger partial charge on any atom is 0.250 e. The van der Waals surface area contributed by atoms with Crippen LogP contribution < -0.4 is 0 Å². The van der Waals surface area contributed by atoms with E-state index in [1.54, 1.807) is 0 Å². The topological polar surface area (TPSA) is 42.2 Å². The molecule has 0 heterocycles. The fourth-order valence-electron chi connectivity index (χ4n) is 3.61. The Hall–Kier alpha value is -0.576. The third kappa shape index (κ3) is 6.45. The molecule has 1 rings (SSSR count). The number of allylic oxidation sites excluding steroid dienone is 1. The third-order valence-corrected chi connectivity index (χ3v) is 16.4. The van der Waals surface area contributed by atoms with Gasteiger partial charge in [0.15, 0.2) is 8.32 Å². The van der Waals surface area contributed by atoms with Gasteiger partial charge in [-0.1, -0.05) is 61.3 Å².